The minimum Gasteiger partial charge on any atom is -0.339 e. The van der Waals surface area contributed by atoms with E-state index in [-0.39, 0.29) is 11.8 Å². The Morgan fingerprint density at radius 3 is 2.59 bits per heavy atom. The number of carbonyl (C=O) groups excluding carboxylic acids is 1. The van der Waals surface area contributed by atoms with E-state index in [0.717, 1.165) is 30.7 Å². The van der Waals surface area contributed by atoms with Crippen molar-refractivity contribution >= 4 is 5.91 Å². The van der Waals surface area contributed by atoms with Gasteiger partial charge in [0.1, 0.15) is 0 Å². The summed E-state index contributed by atoms with van der Waals surface area (Å²) in [6.07, 6.45) is -1.08. The summed E-state index contributed by atoms with van der Waals surface area (Å²) in [5.41, 5.74) is 0.830. The molecule has 1 aliphatic carbocycles. The lowest BCUT2D eigenvalue weighted by molar-refractivity contribution is -0.137. The van der Waals surface area contributed by atoms with Crippen molar-refractivity contribution in [3.8, 4) is 5.69 Å². The van der Waals surface area contributed by atoms with Gasteiger partial charge < -0.3 is 4.90 Å². The summed E-state index contributed by atoms with van der Waals surface area (Å²) in [6, 6.07) is 5.08. The summed E-state index contributed by atoms with van der Waals surface area (Å²) in [7, 11) is 0. The summed E-state index contributed by atoms with van der Waals surface area (Å²) >= 11 is 0. The molecule has 1 amide bonds. The zero-order chi connectivity index (χ0) is 19.8. The van der Waals surface area contributed by atoms with Crippen LogP contribution < -0.4 is 0 Å². The van der Waals surface area contributed by atoms with E-state index in [4.69, 9.17) is 0 Å². The lowest BCUT2D eigenvalue weighted by Crippen LogP contribution is -2.34. The van der Waals surface area contributed by atoms with Gasteiger partial charge in [0.05, 0.1) is 28.7 Å². The molecule has 0 bridgehead atoms. The molecular weight excluding hydrogens is 355 g/mol. The molecule has 1 aromatic carbocycles. The minimum absolute atomic E-state index is 0.105. The Bertz CT molecular complexity index is 822. The van der Waals surface area contributed by atoms with Gasteiger partial charge in [-0.05, 0) is 43.9 Å². The van der Waals surface area contributed by atoms with Crippen LogP contribution in [0.4, 0.5) is 13.2 Å². The maximum absolute atomic E-state index is 13.1. The van der Waals surface area contributed by atoms with Crippen molar-refractivity contribution in [1.82, 2.24) is 14.7 Å². The number of aromatic nitrogens is 2. The van der Waals surface area contributed by atoms with E-state index >= 15 is 0 Å². The minimum atomic E-state index is -4.42. The van der Waals surface area contributed by atoms with Crippen molar-refractivity contribution in [1.29, 1.82) is 0 Å². The molecule has 1 saturated carbocycles. The van der Waals surface area contributed by atoms with Crippen LogP contribution in [0.15, 0.2) is 30.5 Å². The first-order valence-electron chi connectivity index (χ1n) is 9.27. The molecule has 27 heavy (non-hydrogen) atoms. The predicted octanol–water partition coefficient (Wildman–Crippen LogP) is 4.89. The van der Waals surface area contributed by atoms with Gasteiger partial charge >= 0.3 is 6.18 Å². The van der Waals surface area contributed by atoms with Crippen molar-refractivity contribution < 1.29 is 18.0 Å². The van der Waals surface area contributed by atoms with E-state index in [1.165, 1.54) is 16.9 Å². The molecule has 0 unspecified atom stereocenters. The summed E-state index contributed by atoms with van der Waals surface area (Å²) in [4.78, 5) is 14.8. The number of hydrogen-bond donors (Lipinski definition) is 0. The standard InChI is InChI=1S/C20H24F3N3O/c1-4-25(12-13(2)3)19(27)17-11-24-26(18(17)14-8-9-14)16-7-5-6-15(10-16)20(21,22)23/h5-7,10-11,13-14H,4,8-9,12H2,1-3H3. The monoisotopic (exact) mass is 379 g/mol. The number of amides is 1. The van der Waals surface area contributed by atoms with Gasteiger partial charge in [-0.2, -0.15) is 18.3 Å². The quantitative estimate of drug-likeness (QED) is 0.717. The smallest absolute Gasteiger partial charge is 0.339 e. The average molecular weight is 379 g/mol. The zero-order valence-corrected chi connectivity index (χ0v) is 15.8. The van der Waals surface area contributed by atoms with E-state index in [1.54, 1.807) is 11.0 Å². The largest absolute Gasteiger partial charge is 0.416 e. The highest BCUT2D eigenvalue weighted by molar-refractivity contribution is 5.95. The Kier molecular flexibility index (Phi) is 5.31. The third-order valence-electron chi connectivity index (χ3n) is 4.67. The van der Waals surface area contributed by atoms with Crippen LogP contribution in [-0.2, 0) is 6.18 Å². The average Bonchev–Trinajstić information content (AvgIpc) is 3.36. The van der Waals surface area contributed by atoms with Gasteiger partial charge in [-0.1, -0.05) is 19.9 Å². The van der Waals surface area contributed by atoms with Crippen LogP contribution in [0.1, 0.15) is 61.1 Å². The topological polar surface area (TPSA) is 38.1 Å². The number of halogens is 3. The first-order valence-corrected chi connectivity index (χ1v) is 9.27. The predicted molar refractivity (Wildman–Crippen MR) is 97.0 cm³/mol. The van der Waals surface area contributed by atoms with Gasteiger partial charge in [0.25, 0.3) is 5.91 Å². The van der Waals surface area contributed by atoms with Gasteiger partial charge in [-0.15, -0.1) is 0 Å². The molecular formula is C20H24F3N3O. The van der Waals surface area contributed by atoms with Crippen molar-refractivity contribution in [2.45, 2.75) is 45.7 Å². The van der Waals surface area contributed by atoms with Crippen LogP contribution in [0.2, 0.25) is 0 Å². The summed E-state index contributed by atoms with van der Waals surface area (Å²) < 4.78 is 40.7. The van der Waals surface area contributed by atoms with E-state index in [9.17, 15) is 18.0 Å². The SMILES string of the molecule is CCN(CC(C)C)C(=O)c1cnn(-c2cccc(C(F)(F)F)c2)c1C1CC1. The van der Waals surface area contributed by atoms with Gasteiger partial charge in [-0.25, -0.2) is 4.68 Å². The lowest BCUT2D eigenvalue weighted by atomic mass is 10.1. The van der Waals surface area contributed by atoms with Crippen molar-refractivity contribution in [3.05, 3.63) is 47.3 Å². The van der Waals surface area contributed by atoms with Crippen molar-refractivity contribution in [2.24, 2.45) is 5.92 Å². The van der Waals surface area contributed by atoms with Gasteiger partial charge in [0.15, 0.2) is 0 Å². The summed E-state index contributed by atoms with van der Waals surface area (Å²) in [6.45, 7) is 7.23. The Morgan fingerprint density at radius 2 is 2.04 bits per heavy atom. The molecule has 1 heterocycles. The molecule has 0 N–H and O–H groups in total. The molecule has 0 atom stereocenters. The van der Waals surface area contributed by atoms with Crippen LogP contribution in [0.25, 0.3) is 5.69 Å². The van der Waals surface area contributed by atoms with Crippen LogP contribution >= 0.6 is 0 Å². The fraction of sp³-hybridized carbons (Fsp3) is 0.500. The first-order chi connectivity index (χ1) is 12.7. The fourth-order valence-electron chi connectivity index (χ4n) is 3.26. The molecule has 7 heteroatoms. The first kappa shape index (κ1) is 19.5. The Labute approximate surface area is 157 Å². The number of alkyl halides is 3. The second kappa shape index (κ2) is 7.37. The van der Waals surface area contributed by atoms with E-state index in [0.29, 0.717) is 30.3 Å². The van der Waals surface area contributed by atoms with Crippen LogP contribution in [0, 0.1) is 5.92 Å². The summed E-state index contributed by atoms with van der Waals surface area (Å²) in [5, 5.41) is 4.29. The molecule has 146 valence electrons. The van der Waals surface area contributed by atoms with Crippen molar-refractivity contribution in [3.63, 3.8) is 0 Å². The number of nitrogens with zero attached hydrogens (tertiary/aromatic N) is 3. The number of carbonyl (C=O) groups is 1. The molecule has 4 nitrogen and oxygen atoms in total. The van der Waals surface area contributed by atoms with Gasteiger partial charge in [0.2, 0.25) is 0 Å². The third kappa shape index (κ3) is 4.17. The second-order valence-electron chi connectivity index (χ2n) is 7.42. The van der Waals surface area contributed by atoms with E-state index in [1.807, 2.05) is 20.8 Å². The molecule has 0 saturated heterocycles. The third-order valence-corrected chi connectivity index (χ3v) is 4.67. The number of hydrogen-bond acceptors (Lipinski definition) is 2. The molecule has 2 aromatic rings. The Balaban J connectivity index is 2.01. The molecule has 1 fully saturated rings. The highest BCUT2D eigenvalue weighted by Gasteiger charge is 2.35. The lowest BCUT2D eigenvalue weighted by Gasteiger charge is -2.23. The van der Waals surface area contributed by atoms with Gasteiger partial charge in [-0.3, -0.25) is 4.79 Å². The molecule has 1 aliphatic rings. The highest BCUT2D eigenvalue weighted by Crippen LogP contribution is 2.43. The molecule has 3 rings (SSSR count). The number of benzene rings is 1. The maximum atomic E-state index is 13.1. The maximum Gasteiger partial charge on any atom is 0.416 e. The Morgan fingerprint density at radius 1 is 1.33 bits per heavy atom. The molecule has 0 aliphatic heterocycles. The summed E-state index contributed by atoms with van der Waals surface area (Å²) in [5.74, 6) is 0.391. The van der Waals surface area contributed by atoms with E-state index in [2.05, 4.69) is 5.10 Å². The Hall–Kier alpha value is -2.31. The van der Waals surface area contributed by atoms with Crippen LogP contribution in [0.3, 0.4) is 0 Å². The van der Waals surface area contributed by atoms with E-state index < -0.39 is 11.7 Å². The molecule has 0 radical (unpaired) electrons. The van der Waals surface area contributed by atoms with Crippen LogP contribution in [-0.4, -0.2) is 33.7 Å². The highest BCUT2D eigenvalue weighted by atomic mass is 19.4. The van der Waals surface area contributed by atoms with Crippen molar-refractivity contribution in [2.75, 3.05) is 13.1 Å². The molecule has 1 aromatic heterocycles. The zero-order valence-electron chi connectivity index (χ0n) is 15.8. The number of rotatable bonds is 6. The fourth-order valence-corrected chi connectivity index (χ4v) is 3.26. The molecule has 0 spiro atoms. The van der Waals surface area contributed by atoms with Crippen LogP contribution in [0.5, 0.6) is 0 Å². The van der Waals surface area contributed by atoms with Gasteiger partial charge in [0, 0.05) is 19.0 Å². The normalized spacial score (nSPS) is 14.6. The second-order valence-corrected chi connectivity index (χ2v) is 7.42.